The van der Waals surface area contributed by atoms with E-state index >= 15 is 0 Å². The van der Waals surface area contributed by atoms with E-state index in [1.165, 1.54) is 13.0 Å². The predicted octanol–water partition coefficient (Wildman–Crippen LogP) is 2.54. The van der Waals surface area contributed by atoms with Gasteiger partial charge in [-0.15, -0.1) is 0 Å². The van der Waals surface area contributed by atoms with Crippen molar-refractivity contribution >= 4 is 11.5 Å². The van der Waals surface area contributed by atoms with Crippen LogP contribution in [0.25, 0.3) is 0 Å². The van der Waals surface area contributed by atoms with E-state index in [0.717, 1.165) is 6.07 Å². The molecule has 6 heteroatoms. The van der Waals surface area contributed by atoms with E-state index in [1.807, 2.05) is 0 Å². The Balaban J connectivity index is 2.21. The summed E-state index contributed by atoms with van der Waals surface area (Å²) in [6, 6.07) is 2.15. The number of nitro benzene ring substituents is 1. The lowest BCUT2D eigenvalue weighted by molar-refractivity contribution is -0.385. The average molecular weight is 253 g/mol. The monoisotopic (exact) mass is 253 g/mol. The highest BCUT2D eigenvalue weighted by Gasteiger charge is 2.25. The minimum atomic E-state index is -0.772. The number of ether oxygens (including phenoxy) is 1. The van der Waals surface area contributed by atoms with Gasteiger partial charge in [0, 0.05) is 18.4 Å². The summed E-state index contributed by atoms with van der Waals surface area (Å²) >= 11 is 0. The molecule has 18 heavy (non-hydrogen) atoms. The van der Waals surface area contributed by atoms with Crippen molar-refractivity contribution in [2.24, 2.45) is 0 Å². The molecule has 5 nitrogen and oxygen atoms in total. The molecule has 96 valence electrons. The first-order chi connectivity index (χ1) is 8.47. The van der Waals surface area contributed by atoms with E-state index < -0.39 is 10.7 Å². The number of nitrogens with zero attached hydrogens (tertiary/aromatic N) is 1. The number of hydrogen-bond acceptors (Lipinski definition) is 4. The van der Waals surface area contributed by atoms with Crippen LogP contribution in [-0.2, 0) is 4.79 Å². The van der Waals surface area contributed by atoms with E-state index in [-0.39, 0.29) is 29.7 Å². The number of rotatable bonds is 3. The van der Waals surface area contributed by atoms with Crippen LogP contribution in [-0.4, -0.2) is 16.8 Å². The zero-order valence-electron chi connectivity index (χ0n) is 9.81. The van der Waals surface area contributed by atoms with Gasteiger partial charge in [0.2, 0.25) is 0 Å². The third-order valence-electron chi connectivity index (χ3n) is 2.94. The number of halogens is 1. The SMILES string of the molecule is Cc1cc(OC2CCC(=O)C2)c(F)cc1[N+](=O)[O-]. The summed E-state index contributed by atoms with van der Waals surface area (Å²) in [5.74, 6) is -0.705. The number of carbonyl (C=O) groups excluding carboxylic acids is 1. The molecule has 0 N–H and O–H groups in total. The van der Waals surface area contributed by atoms with Crippen LogP contribution >= 0.6 is 0 Å². The number of benzene rings is 1. The second kappa shape index (κ2) is 4.72. The van der Waals surface area contributed by atoms with Crippen molar-refractivity contribution in [2.75, 3.05) is 0 Å². The molecule has 0 spiro atoms. The third-order valence-corrected chi connectivity index (χ3v) is 2.94. The van der Waals surface area contributed by atoms with Gasteiger partial charge in [-0.25, -0.2) is 4.39 Å². The van der Waals surface area contributed by atoms with Crippen molar-refractivity contribution in [3.8, 4) is 5.75 Å². The molecule has 0 heterocycles. The molecule has 1 aromatic rings. The molecule has 1 saturated carbocycles. The van der Waals surface area contributed by atoms with Crippen LogP contribution in [0.5, 0.6) is 5.75 Å². The number of hydrogen-bond donors (Lipinski definition) is 0. The first-order valence-electron chi connectivity index (χ1n) is 5.60. The number of Topliss-reactive ketones (excluding diaryl/α,β-unsaturated/α-hetero) is 1. The number of carbonyl (C=O) groups is 1. The summed E-state index contributed by atoms with van der Waals surface area (Å²) in [6.07, 6.45) is 0.954. The van der Waals surface area contributed by atoms with Crippen molar-refractivity contribution in [2.45, 2.75) is 32.3 Å². The molecule has 2 rings (SSSR count). The second-order valence-electron chi connectivity index (χ2n) is 4.35. The van der Waals surface area contributed by atoms with Gasteiger partial charge in [-0.3, -0.25) is 14.9 Å². The lowest BCUT2D eigenvalue weighted by Crippen LogP contribution is -2.13. The van der Waals surface area contributed by atoms with Crippen molar-refractivity contribution in [1.29, 1.82) is 0 Å². The molecular formula is C12H12FNO4. The third kappa shape index (κ3) is 2.47. The maximum Gasteiger partial charge on any atom is 0.275 e. The summed E-state index contributed by atoms with van der Waals surface area (Å²) in [5.41, 5.74) is 0.0584. The van der Waals surface area contributed by atoms with Crippen LogP contribution in [0.2, 0.25) is 0 Å². The fraction of sp³-hybridized carbons (Fsp3) is 0.417. The highest BCUT2D eigenvalue weighted by molar-refractivity contribution is 5.81. The van der Waals surface area contributed by atoms with E-state index in [2.05, 4.69) is 0 Å². The first kappa shape index (κ1) is 12.5. The molecule has 1 fully saturated rings. The fourth-order valence-corrected chi connectivity index (χ4v) is 1.99. The Labute approximate surface area is 103 Å². The molecule has 0 saturated heterocycles. The minimum absolute atomic E-state index is 0.0298. The molecule has 0 aromatic heterocycles. The fourth-order valence-electron chi connectivity index (χ4n) is 1.99. The zero-order valence-corrected chi connectivity index (χ0v) is 9.81. The molecule has 0 amide bonds. The van der Waals surface area contributed by atoms with Crippen molar-refractivity contribution in [3.05, 3.63) is 33.6 Å². The van der Waals surface area contributed by atoms with E-state index in [9.17, 15) is 19.3 Å². The molecule has 0 radical (unpaired) electrons. The molecule has 1 aliphatic carbocycles. The van der Waals surface area contributed by atoms with Gasteiger partial charge in [0.05, 0.1) is 11.0 Å². The molecule has 0 bridgehead atoms. The predicted molar refractivity (Wildman–Crippen MR) is 61.1 cm³/mol. The van der Waals surface area contributed by atoms with Crippen molar-refractivity contribution in [1.82, 2.24) is 0 Å². The van der Waals surface area contributed by atoms with E-state index in [1.54, 1.807) is 0 Å². The van der Waals surface area contributed by atoms with Gasteiger partial charge in [-0.2, -0.15) is 0 Å². The Morgan fingerprint density at radius 3 is 2.78 bits per heavy atom. The quantitative estimate of drug-likeness (QED) is 0.613. The van der Waals surface area contributed by atoms with E-state index in [0.29, 0.717) is 18.4 Å². The molecule has 1 atom stereocenters. The highest BCUT2D eigenvalue weighted by Crippen LogP contribution is 2.29. The normalized spacial score (nSPS) is 19.0. The maximum atomic E-state index is 13.6. The summed E-state index contributed by atoms with van der Waals surface area (Å²) in [5, 5.41) is 10.6. The van der Waals surface area contributed by atoms with Crippen molar-refractivity contribution < 1.29 is 18.8 Å². The highest BCUT2D eigenvalue weighted by atomic mass is 19.1. The number of ketones is 1. The van der Waals surface area contributed by atoms with Crippen LogP contribution in [0.3, 0.4) is 0 Å². The van der Waals surface area contributed by atoms with Gasteiger partial charge >= 0.3 is 0 Å². The van der Waals surface area contributed by atoms with Gasteiger partial charge < -0.3 is 4.74 Å². The van der Waals surface area contributed by atoms with Crippen molar-refractivity contribution in [3.63, 3.8) is 0 Å². The summed E-state index contributed by atoms with van der Waals surface area (Å²) in [7, 11) is 0. The smallest absolute Gasteiger partial charge is 0.275 e. The topological polar surface area (TPSA) is 69.4 Å². The van der Waals surface area contributed by atoms with Gasteiger partial charge in [0.15, 0.2) is 11.6 Å². The molecule has 0 aliphatic heterocycles. The molecule has 1 aromatic carbocycles. The second-order valence-corrected chi connectivity index (χ2v) is 4.35. The Morgan fingerprint density at radius 2 is 2.22 bits per heavy atom. The summed E-state index contributed by atoms with van der Waals surface area (Å²) in [4.78, 5) is 21.1. The standard InChI is InChI=1S/C12H12FNO4/c1-7-4-12(10(13)6-11(7)14(16)17)18-9-3-2-8(15)5-9/h4,6,9H,2-3,5H2,1H3. The molecular weight excluding hydrogens is 241 g/mol. The van der Waals surface area contributed by atoms with Gasteiger partial charge in [0.25, 0.3) is 5.69 Å². The Hall–Kier alpha value is -1.98. The van der Waals surface area contributed by atoms with Gasteiger partial charge in [-0.1, -0.05) is 0 Å². The molecule has 1 aliphatic rings. The van der Waals surface area contributed by atoms with Crippen LogP contribution in [0.15, 0.2) is 12.1 Å². The van der Waals surface area contributed by atoms with Crippen LogP contribution < -0.4 is 4.74 Å². The van der Waals surface area contributed by atoms with E-state index in [4.69, 9.17) is 4.74 Å². The minimum Gasteiger partial charge on any atom is -0.487 e. The average Bonchev–Trinajstić information content (AvgIpc) is 2.68. The van der Waals surface area contributed by atoms with Crippen LogP contribution in [0.4, 0.5) is 10.1 Å². The lowest BCUT2D eigenvalue weighted by atomic mass is 10.2. The number of aryl methyl sites for hydroxylation is 1. The Morgan fingerprint density at radius 1 is 1.50 bits per heavy atom. The largest absolute Gasteiger partial charge is 0.487 e. The maximum absolute atomic E-state index is 13.6. The molecule has 1 unspecified atom stereocenters. The summed E-state index contributed by atoms with van der Waals surface area (Å²) < 4.78 is 19.0. The zero-order chi connectivity index (χ0) is 13.3. The Bertz CT molecular complexity index is 515. The van der Waals surface area contributed by atoms with Gasteiger partial charge in [0.1, 0.15) is 11.9 Å². The lowest BCUT2D eigenvalue weighted by Gasteiger charge is -2.13. The Kier molecular flexibility index (Phi) is 3.27. The van der Waals surface area contributed by atoms with Gasteiger partial charge in [-0.05, 0) is 19.4 Å². The summed E-state index contributed by atoms with van der Waals surface area (Å²) in [6.45, 7) is 1.52. The van der Waals surface area contributed by atoms with Crippen LogP contribution in [0, 0.1) is 22.9 Å². The van der Waals surface area contributed by atoms with Crippen LogP contribution in [0.1, 0.15) is 24.8 Å². The first-order valence-corrected chi connectivity index (χ1v) is 5.60. The number of nitro groups is 1.